The first-order valence-electron chi connectivity index (χ1n) is 10.3. The van der Waals surface area contributed by atoms with Crippen molar-refractivity contribution in [2.24, 2.45) is 0 Å². The van der Waals surface area contributed by atoms with Crippen LogP contribution in [0.3, 0.4) is 0 Å². The zero-order valence-corrected chi connectivity index (χ0v) is 16.6. The van der Waals surface area contributed by atoms with Crippen molar-refractivity contribution in [3.63, 3.8) is 0 Å². The molecule has 2 aromatic carbocycles. The molecule has 0 saturated heterocycles. The molecule has 1 saturated carbocycles. The summed E-state index contributed by atoms with van der Waals surface area (Å²) in [6, 6.07) is 20.7. The number of carbonyl (C=O) groups is 2. The van der Waals surface area contributed by atoms with Crippen molar-refractivity contribution in [1.29, 1.82) is 0 Å². The number of hydrogen-bond acceptors (Lipinski definition) is 2. The van der Waals surface area contributed by atoms with Crippen molar-refractivity contribution in [3.05, 3.63) is 71.8 Å². The van der Waals surface area contributed by atoms with Crippen LogP contribution in [0.25, 0.3) is 0 Å². The number of amides is 2. The first-order chi connectivity index (χ1) is 13.6. The average Bonchev–Trinajstić information content (AvgIpc) is 3.25. The summed E-state index contributed by atoms with van der Waals surface area (Å²) >= 11 is 0. The standard InChI is InChI=1S/C24H30N2O2/c1-19(27)26(22-14-8-9-15-22)17-16-25-24(28)18-23(20-10-4-2-5-11-20)21-12-6-3-7-13-21/h2-7,10-13,22-23H,8-9,14-18H2,1H3,(H,25,28). The van der Waals surface area contributed by atoms with Crippen molar-refractivity contribution < 1.29 is 9.59 Å². The van der Waals surface area contributed by atoms with Crippen LogP contribution >= 0.6 is 0 Å². The lowest BCUT2D eigenvalue weighted by atomic mass is 9.88. The van der Waals surface area contributed by atoms with Gasteiger partial charge in [-0.3, -0.25) is 9.59 Å². The van der Waals surface area contributed by atoms with Crippen molar-refractivity contribution in [2.75, 3.05) is 13.1 Å². The molecule has 1 aliphatic carbocycles. The molecular formula is C24H30N2O2. The smallest absolute Gasteiger partial charge is 0.221 e. The van der Waals surface area contributed by atoms with Crippen LogP contribution in [0.5, 0.6) is 0 Å². The van der Waals surface area contributed by atoms with Crippen LogP contribution in [0.2, 0.25) is 0 Å². The molecular weight excluding hydrogens is 348 g/mol. The normalized spacial score (nSPS) is 14.2. The third-order valence-electron chi connectivity index (χ3n) is 5.64. The first kappa shape index (κ1) is 20.1. The van der Waals surface area contributed by atoms with Crippen LogP contribution in [0, 0.1) is 0 Å². The molecule has 0 aromatic heterocycles. The monoisotopic (exact) mass is 378 g/mol. The van der Waals surface area contributed by atoms with E-state index in [0.717, 1.165) is 24.0 Å². The maximum atomic E-state index is 12.7. The second kappa shape index (κ2) is 10.1. The molecule has 3 rings (SSSR count). The predicted octanol–water partition coefficient (Wildman–Crippen LogP) is 4.12. The maximum absolute atomic E-state index is 12.7. The molecule has 0 bridgehead atoms. The van der Waals surface area contributed by atoms with Crippen molar-refractivity contribution in [3.8, 4) is 0 Å². The van der Waals surface area contributed by atoms with E-state index in [4.69, 9.17) is 0 Å². The van der Waals surface area contributed by atoms with Crippen LogP contribution in [0.1, 0.15) is 56.1 Å². The van der Waals surface area contributed by atoms with Crippen LogP contribution in [-0.4, -0.2) is 35.8 Å². The molecule has 1 aliphatic rings. The summed E-state index contributed by atoms with van der Waals surface area (Å²) in [5, 5.41) is 3.03. The summed E-state index contributed by atoms with van der Waals surface area (Å²) in [5.74, 6) is 0.154. The molecule has 28 heavy (non-hydrogen) atoms. The molecule has 4 heteroatoms. The molecule has 0 atom stereocenters. The Morgan fingerprint density at radius 3 is 2.00 bits per heavy atom. The number of carbonyl (C=O) groups excluding carboxylic acids is 2. The van der Waals surface area contributed by atoms with Gasteiger partial charge in [0.05, 0.1) is 0 Å². The second-order valence-electron chi connectivity index (χ2n) is 7.58. The number of benzene rings is 2. The van der Waals surface area contributed by atoms with Gasteiger partial charge in [-0.1, -0.05) is 73.5 Å². The Hall–Kier alpha value is -2.62. The molecule has 0 unspecified atom stereocenters. The number of rotatable bonds is 8. The van der Waals surface area contributed by atoms with Gasteiger partial charge in [-0.25, -0.2) is 0 Å². The molecule has 1 N–H and O–H groups in total. The minimum atomic E-state index is 0.0210. The molecule has 148 valence electrons. The van der Waals surface area contributed by atoms with Crippen LogP contribution in [0.4, 0.5) is 0 Å². The molecule has 2 aromatic rings. The Bertz CT molecular complexity index is 715. The fourth-order valence-corrected chi connectivity index (χ4v) is 4.19. The van der Waals surface area contributed by atoms with E-state index < -0.39 is 0 Å². The zero-order chi connectivity index (χ0) is 19.8. The highest BCUT2D eigenvalue weighted by atomic mass is 16.2. The van der Waals surface area contributed by atoms with E-state index in [1.807, 2.05) is 41.3 Å². The van der Waals surface area contributed by atoms with Gasteiger partial charge < -0.3 is 10.2 Å². The lowest BCUT2D eigenvalue weighted by molar-refractivity contribution is -0.131. The van der Waals surface area contributed by atoms with E-state index >= 15 is 0 Å². The van der Waals surface area contributed by atoms with Gasteiger partial charge in [0.15, 0.2) is 0 Å². The highest BCUT2D eigenvalue weighted by molar-refractivity contribution is 5.78. The fourth-order valence-electron chi connectivity index (χ4n) is 4.19. The number of nitrogens with zero attached hydrogens (tertiary/aromatic N) is 1. The van der Waals surface area contributed by atoms with Crippen molar-refractivity contribution in [1.82, 2.24) is 10.2 Å². The minimum Gasteiger partial charge on any atom is -0.354 e. The summed E-state index contributed by atoms with van der Waals surface area (Å²) < 4.78 is 0. The quantitative estimate of drug-likeness (QED) is 0.751. The summed E-state index contributed by atoms with van der Waals surface area (Å²) in [4.78, 5) is 26.6. The molecule has 0 heterocycles. The average molecular weight is 379 g/mol. The van der Waals surface area contributed by atoms with Gasteiger partial charge in [0, 0.05) is 38.4 Å². The van der Waals surface area contributed by atoms with Gasteiger partial charge in [-0.15, -0.1) is 0 Å². The largest absolute Gasteiger partial charge is 0.354 e. The Balaban J connectivity index is 1.59. The number of hydrogen-bond donors (Lipinski definition) is 1. The van der Waals surface area contributed by atoms with Gasteiger partial charge in [-0.05, 0) is 24.0 Å². The first-order valence-corrected chi connectivity index (χ1v) is 10.3. The molecule has 0 aliphatic heterocycles. The van der Waals surface area contributed by atoms with Gasteiger partial charge >= 0.3 is 0 Å². The lowest BCUT2D eigenvalue weighted by Crippen LogP contribution is -2.42. The molecule has 0 spiro atoms. The van der Waals surface area contributed by atoms with Gasteiger partial charge in [0.1, 0.15) is 0 Å². The van der Waals surface area contributed by atoms with E-state index in [9.17, 15) is 9.59 Å². The topological polar surface area (TPSA) is 49.4 Å². The lowest BCUT2D eigenvalue weighted by Gasteiger charge is -2.28. The van der Waals surface area contributed by atoms with Gasteiger partial charge in [-0.2, -0.15) is 0 Å². The Morgan fingerprint density at radius 2 is 1.50 bits per heavy atom. The molecule has 0 radical (unpaired) electrons. The molecule has 1 fully saturated rings. The SMILES string of the molecule is CC(=O)N(CCNC(=O)CC(c1ccccc1)c1ccccc1)C1CCCC1. The van der Waals surface area contributed by atoms with E-state index in [2.05, 4.69) is 29.6 Å². The summed E-state index contributed by atoms with van der Waals surface area (Å²) in [5.41, 5.74) is 2.28. The van der Waals surface area contributed by atoms with E-state index in [1.165, 1.54) is 12.8 Å². The predicted molar refractivity (Wildman–Crippen MR) is 112 cm³/mol. The van der Waals surface area contributed by atoms with Crippen molar-refractivity contribution in [2.45, 2.75) is 51.0 Å². The third kappa shape index (κ3) is 5.44. The Kier molecular flexibility index (Phi) is 7.24. The Labute approximate surface area is 167 Å². The number of nitrogens with one attached hydrogen (secondary N) is 1. The highest BCUT2D eigenvalue weighted by Crippen LogP contribution is 2.28. The minimum absolute atomic E-state index is 0.0210. The third-order valence-corrected chi connectivity index (χ3v) is 5.64. The summed E-state index contributed by atoms with van der Waals surface area (Å²) in [6.45, 7) is 2.72. The highest BCUT2D eigenvalue weighted by Gasteiger charge is 2.24. The molecule has 2 amide bonds. The maximum Gasteiger partial charge on any atom is 0.221 e. The van der Waals surface area contributed by atoms with Gasteiger partial charge in [0.2, 0.25) is 11.8 Å². The van der Waals surface area contributed by atoms with E-state index in [1.54, 1.807) is 6.92 Å². The van der Waals surface area contributed by atoms with Crippen LogP contribution in [0.15, 0.2) is 60.7 Å². The summed E-state index contributed by atoms with van der Waals surface area (Å²) in [6.07, 6.45) is 4.94. The van der Waals surface area contributed by atoms with Crippen LogP contribution < -0.4 is 5.32 Å². The fraction of sp³-hybridized carbons (Fsp3) is 0.417. The van der Waals surface area contributed by atoms with Gasteiger partial charge in [0.25, 0.3) is 0 Å². The van der Waals surface area contributed by atoms with E-state index in [0.29, 0.717) is 25.6 Å². The van der Waals surface area contributed by atoms with E-state index in [-0.39, 0.29) is 17.7 Å². The Morgan fingerprint density at radius 1 is 0.964 bits per heavy atom. The van der Waals surface area contributed by atoms with Crippen molar-refractivity contribution >= 4 is 11.8 Å². The van der Waals surface area contributed by atoms with Crippen LogP contribution in [-0.2, 0) is 9.59 Å². The second-order valence-corrected chi connectivity index (χ2v) is 7.58. The summed E-state index contributed by atoms with van der Waals surface area (Å²) in [7, 11) is 0. The molecule has 4 nitrogen and oxygen atoms in total. The zero-order valence-electron chi connectivity index (χ0n) is 16.6.